The van der Waals surface area contributed by atoms with Crippen LogP contribution >= 0.6 is 26.6 Å². The molecule has 3 aromatic rings. The second kappa shape index (κ2) is 12.3. The van der Waals surface area contributed by atoms with Crippen LogP contribution < -0.4 is 20.3 Å². The quantitative estimate of drug-likeness (QED) is 0.326. The standard InChI is InChI=1S/C13H16N2O2.C6H10N3OP3/c1-2-17-13(16)11(14)7-9-8-15-12-6-4-3-5-10(9)12;1-2-4-6(5-3-1)10-9-12-7-11-8-13-9/h3-6,8,11,15H,2,7,14H2,1H3;1-5,7-8,11-13H. The zero-order chi connectivity index (χ0) is 21.2. The Bertz CT molecular complexity index is 922. The molecule has 0 aliphatic carbocycles. The van der Waals surface area contributed by atoms with Crippen molar-refractivity contribution in [1.29, 1.82) is 0 Å². The molecule has 1 aromatic heterocycles. The number of H-pyrrole nitrogens is 1. The summed E-state index contributed by atoms with van der Waals surface area (Å²) >= 11 is 0. The van der Waals surface area contributed by atoms with E-state index in [9.17, 15) is 4.79 Å². The van der Waals surface area contributed by atoms with Crippen LogP contribution in [0.4, 0.5) is 0 Å². The highest BCUT2D eigenvalue weighted by Gasteiger charge is 2.16. The van der Waals surface area contributed by atoms with E-state index in [0.29, 0.717) is 39.7 Å². The summed E-state index contributed by atoms with van der Waals surface area (Å²) < 4.78 is 6.79. The molecular formula is C19H26N5O3P3. The van der Waals surface area contributed by atoms with Crippen LogP contribution in [0, 0.1) is 0 Å². The summed E-state index contributed by atoms with van der Waals surface area (Å²) in [6, 6.07) is 17.1. The van der Waals surface area contributed by atoms with Crippen molar-refractivity contribution < 1.29 is 14.4 Å². The van der Waals surface area contributed by atoms with Crippen molar-refractivity contribution >= 4 is 43.5 Å². The lowest BCUT2D eigenvalue weighted by atomic mass is 10.1. The molecule has 0 radical (unpaired) electrons. The van der Waals surface area contributed by atoms with Gasteiger partial charge in [-0.15, -0.1) is 0 Å². The summed E-state index contributed by atoms with van der Waals surface area (Å²) in [7, 11) is 1.73. The Morgan fingerprint density at radius 2 is 1.80 bits per heavy atom. The van der Waals surface area contributed by atoms with Gasteiger partial charge in [-0.3, -0.25) is 14.5 Å². The van der Waals surface area contributed by atoms with E-state index in [4.69, 9.17) is 15.3 Å². The van der Waals surface area contributed by atoms with Gasteiger partial charge >= 0.3 is 5.97 Å². The van der Waals surface area contributed by atoms with Crippen molar-refractivity contribution in [3.8, 4) is 5.75 Å². The van der Waals surface area contributed by atoms with Crippen molar-refractivity contribution in [2.75, 3.05) is 6.61 Å². The monoisotopic (exact) mass is 465 g/mol. The van der Waals surface area contributed by atoms with E-state index in [0.717, 1.165) is 22.2 Å². The van der Waals surface area contributed by atoms with Crippen LogP contribution in [0.15, 0.2) is 60.8 Å². The summed E-state index contributed by atoms with van der Waals surface area (Å²) in [6.07, 6.45) is 2.38. The van der Waals surface area contributed by atoms with Gasteiger partial charge in [-0.2, -0.15) is 0 Å². The zero-order valence-corrected chi connectivity index (χ0v) is 19.5. The molecule has 0 spiro atoms. The number of hydrogen-bond donors (Lipinski definition) is 4. The highest BCUT2D eigenvalue weighted by molar-refractivity contribution is 7.65. The molecule has 1 saturated heterocycles. The molecule has 160 valence electrons. The second-order valence-corrected chi connectivity index (χ2v) is 10.2. The molecule has 30 heavy (non-hydrogen) atoms. The lowest BCUT2D eigenvalue weighted by Gasteiger charge is -2.26. The number of nitrogens with one attached hydrogen (secondary N) is 3. The maximum atomic E-state index is 11.4. The van der Waals surface area contributed by atoms with Crippen LogP contribution in [0.1, 0.15) is 12.5 Å². The van der Waals surface area contributed by atoms with Crippen LogP contribution in [0.5, 0.6) is 5.75 Å². The Kier molecular flexibility index (Phi) is 9.44. The molecule has 5 N–H and O–H groups in total. The maximum Gasteiger partial charge on any atom is 0.323 e. The van der Waals surface area contributed by atoms with Gasteiger partial charge in [0, 0.05) is 32.4 Å². The van der Waals surface area contributed by atoms with Crippen molar-refractivity contribution in [3.63, 3.8) is 0 Å². The minimum absolute atomic E-state index is 0.349. The summed E-state index contributed by atoms with van der Waals surface area (Å²) in [4.78, 5) is 26.6. The molecule has 0 amide bonds. The zero-order valence-electron chi connectivity index (χ0n) is 16.5. The number of ether oxygens (including phenoxy) is 1. The first-order chi connectivity index (χ1) is 14.7. The number of aromatic amines is 1. The van der Waals surface area contributed by atoms with Crippen LogP contribution in [0.25, 0.3) is 10.9 Å². The average molecular weight is 465 g/mol. The van der Waals surface area contributed by atoms with Gasteiger partial charge in [-0.1, -0.05) is 41.0 Å². The van der Waals surface area contributed by atoms with Gasteiger partial charge in [0.1, 0.15) is 11.8 Å². The van der Waals surface area contributed by atoms with E-state index in [1.807, 2.05) is 65.4 Å². The molecule has 4 rings (SSSR count). The van der Waals surface area contributed by atoms with Crippen molar-refractivity contribution in [2.24, 2.45) is 5.73 Å². The number of benzene rings is 2. The third kappa shape index (κ3) is 6.97. The summed E-state index contributed by atoms with van der Waals surface area (Å²) in [5.74, 6) is 0.536. The first kappa shape index (κ1) is 23.1. The Labute approximate surface area is 181 Å². The number of para-hydroxylation sites is 2. The number of nitrogens with zero attached hydrogens (tertiary/aromatic N) is 1. The molecule has 1 fully saturated rings. The number of aromatic nitrogens is 1. The molecule has 3 atom stereocenters. The molecule has 8 nitrogen and oxygen atoms in total. The van der Waals surface area contributed by atoms with Gasteiger partial charge in [-0.05, 0) is 30.7 Å². The summed E-state index contributed by atoms with van der Waals surface area (Å²) in [5.41, 5.74) is 7.89. The minimum Gasteiger partial charge on any atom is -0.465 e. The fourth-order valence-corrected chi connectivity index (χ4v) is 6.32. The SMILES string of the molecule is CCOC(=O)C(N)Cc1c[nH]c2ccccc12.c1ccc(ON2PNPNP2)cc1. The molecular weight excluding hydrogens is 439 g/mol. The lowest BCUT2D eigenvalue weighted by Crippen LogP contribution is -2.34. The number of carbonyl (C=O) groups excluding carboxylic acids is 1. The van der Waals surface area contributed by atoms with E-state index in [2.05, 4.69) is 14.7 Å². The lowest BCUT2D eigenvalue weighted by molar-refractivity contribution is -0.144. The van der Waals surface area contributed by atoms with Gasteiger partial charge in [0.2, 0.25) is 0 Å². The number of esters is 1. The summed E-state index contributed by atoms with van der Waals surface area (Å²) in [6.45, 7) is 2.14. The highest BCUT2D eigenvalue weighted by Crippen LogP contribution is 2.37. The van der Waals surface area contributed by atoms with Gasteiger partial charge < -0.3 is 20.3 Å². The molecule has 3 unspecified atom stereocenters. The van der Waals surface area contributed by atoms with Gasteiger partial charge in [0.15, 0.2) is 0 Å². The largest absolute Gasteiger partial charge is 0.465 e. The van der Waals surface area contributed by atoms with Crippen molar-refractivity contribution in [3.05, 3.63) is 66.4 Å². The maximum absolute atomic E-state index is 11.4. The van der Waals surface area contributed by atoms with Crippen LogP contribution in [-0.4, -0.2) is 28.2 Å². The normalized spacial score (nSPS) is 17.5. The fraction of sp³-hybridized carbons (Fsp3) is 0.211. The number of hydrogen-bond acceptors (Lipinski definition) is 7. The molecule has 1 aliphatic rings. The van der Waals surface area contributed by atoms with E-state index < -0.39 is 6.04 Å². The van der Waals surface area contributed by atoms with E-state index in [1.165, 1.54) is 0 Å². The second-order valence-electron chi connectivity index (χ2n) is 6.22. The average Bonchev–Trinajstić information content (AvgIpc) is 3.19. The molecule has 0 bridgehead atoms. The fourth-order valence-electron chi connectivity index (χ4n) is 2.72. The molecule has 1 aliphatic heterocycles. The van der Waals surface area contributed by atoms with Crippen LogP contribution in [-0.2, 0) is 16.0 Å². The smallest absolute Gasteiger partial charge is 0.323 e. The predicted octanol–water partition coefficient (Wildman–Crippen LogP) is 3.60. The van der Waals surface area contributed by atoms with Gasteiger partial charge in [-0.25, -0.2) is 0 Å². The first-order valence-electron chi connectivity index (χ1n) is 9.44. The highest BCUT2D eigenvalue weighted by atomic mass is 31.2. The van der Waals surface area contributed by atoms with Gasteiger partial charge in [0.25, 0.3) is 0 Å². The number of rotatable bonds is 6. The Morgan fingerprint density at radius 1 is 1.10 bits per heavy atom. The Morgan fingerprint density at radius 3 is 2.53 bits per heavy atom. The first-order valence-corrected chi connectivity index (χ1v) is 12.3. The van der Waals surface area contributed by atoms with Crippen LogP contribution in [0.2, 0.25) is 0 Å². The van der Waals surface area contributed by atoms with Gasteiger partial charge in [0.05, 0.1) is 24.4 Å². The van der Waals surface area contributed by atoms with E-state index in [-0.39, 0.29) is 5.97 Å². The third-order valence-electron chi connectivity index (χ3n) is 4.08. The van der Waals surface area contributed by atoms with Crippen molar-refractivity contribution in [1.82, 2.24) is 19.3 Å². The number of carbonyl (C=O) groups is 1. The Balaban J connectivity index is 0.000000177. The number of nitrogens with two attached hydrogens (primary N) is 1. The van der Waals surface area contributed by atoms with E-state index >= 15 is 0 Å². The topological polar surface area (TPSA) is 105 Å². The molecule has 11 heteroatoms. The molecule has 2 aromatic carbocycles. The minimum atomic E-state index is -0.603. The van der Waals surface area contributed by atoms with Crippen molar-refractivity contribution in [2.45, 2.75) is 19.4 Å². The third-order valence-corrected chi connectivity index (χ3v) is 7.24. The summed E-state index contributed by atoms with van der Waals surface area (Å²) in [5, 5.41) is 1.10. The molecule has 0 saturated carbocycles. The molecule has 2 heterocycles. The predicted molar refractivity (Wildman–Crippen MR) is 127 cm³/mol. The van der Waals surface area contributed by atoms with Crippen LogP contribution in [0.3, 0.4) is 0 Å². The number of fused-ring (bicyclic) bond motifs is 1. The van der Waals surface area contributed by atoms with E-state index in [1.54, 1.807) is 6.92 Å². The Hall–Kier alpha value is -1.62.